The number of aliphatic hydroxyl groups is 1. The van der Waals surface area contributed by atoms with Crippen LogP contribution in [0.5, 0.6) is 0 Å². The Bertz CT molecular complexity index is 721. The molecule has 2 unspecified atom stereocenters. The Morgan fingerprint density at radius 1 is 1.32 bits per heavy atom. The molecule has 7 heteroatoms. The average molecular weight is 386 g/mol. The van der Waals surface area contributed by atoms with Crippen molar-refractivity contribution in [3.05, 3.63) is 47.8 Å². The maximum atomic E-state index is 9.80. The molecule has 3 N–H and O–H groups in total. The van der Waals surface area contributed by atoms with Gasteiger partial charge in [-0.3, -0.25) is 4.99 Å². The molecule has 1 saturated heterocycles. The van der Waals surface area contributed by atoms with Crippen LogP contribution < -0.4 is 10.6 Å². The summed E-state index contributed by atoms with van der Waals surface area (Å²) in [5.74, 6) is 1.82. The highest BCUT2D eigenvalue weighted by Crippen LogP contribution is 2.24. The van der Waals surface area contributed by atoms with Crippen LogP contribution in [-0.2, 0) is 4.74 Å². The second-order valence-corrected chi connectivity index (χ2v) is 7.12. The fourth-order valence-electron chi connectivity index (χ4n) is 3.63. The molecule has 7 nitrogen and oxygen atoms in total. The Kier molecular flexibility index (Phi) is 7.06. The Hall–Kier alpha value is -2.38. The normalized spacial score (nSPS) is 21.6. The van der Waals surface area contributed by atoms with Crippen molar-refractivity contribution >= 4 is 11.7 Å². The van der Waals surface area contributed by atoms with Crippen LogP contribution in [0.4, 0.5) is 5.82 Å². The van der Waals surface area contributed by atoms with Gasteiger partial charge in [-0.1, -0.05) is 12.2 Å². The van der Waals surface area contributed by atoms with Crippen molar-refractivity contribution in [1.82, 2.24) is 9.88 Å². The minimum absolute atomic E-state index is 0.341. The molecular formula is C21H31N5O2. The van der Waals surface area contributed by atoms with Crippen LogP contribution in [-0.4, -0.2) is 66.9 Å². The summed E-state index contributed by atoms with van der Waals surface area (Å²) in [6.07, 6.45) is 9.37. The Labute approximate surface area is 167 Å². The molecule has 0 radical (unpaired) electrons. The number of nitrogens with zero attached hydrogens (tertiary/aromatic N) is 4. The van der Waals surface area contributed by atoms with E-state index in [1.54, 1.807) is 13.2 Å². The molecule has 0 amide bonds. The summed E-state index contributed by atoms with van der Waals surface area (Å²) in [7, 11) is 1.68. The number of aliphatic hydroxyl groups excluding tert-OH is 1. The van der Waals surface area contributed by atoms with E-state index in [-0.39, 0.29) is 0 Å². The van der Waals surface area contributed by atoms with Crippen LogP contribution in [0.15, 0.2) is 47.2 Å². The van der Waals surface area contributed by atoms with Crippen LogP contribution in [0, 0.1) is 5.92 Å². The largest absolute Gasteiger partial charge is 0.383 e. The van der Waals surface area contributed by atoms with E-state index in [0.717, 1.165) is 44.0 Å². The number of allylic oxidation sites excluding steroid dienone is 3. The summed E-state index contributed by atoms with van der Waals surface area (Å²) in [4.78, 5) is 13.3. The van der Waals surface area contributed by atoms with Crippen LogP contribution in [0.25, 0.3) is 0 Å². The molecular weight excluding hydrogens is 354 g/mol. The van der Waals surface area contributed by atoms with Gasteiger partial charge in [-0.2, -0.15) is 0 Å². The molecule has 0 bridgehead atoms. The van der Waals surface area contributed by atoms with Crippen molar-refractivity contribution in [2.75, 3.05) is 44.7 Å². The SMILES string of the molecule is CCOC(O)CC1C=CC(N2CCN(c3ccc(C(N)=NC)cn3)CC2)=CC1. The van der Waals surface area contributed by atoms with E-state index in [9.17, 15) is 5.11 Å². The summed E-state index contributed by atoms with van der Waals surface area (Å²) >= 11 is 0. The van der Waals surface area contributed by atoms with Gasteiger partial charge in [0.15, 0.2) is 6.29 Å². The molecule has 1 fully saturated rings. The predicted molar refractivity (Wildman–Crippen MR) is 112 cm³/mol. The Balaban J connectivity index is 1.49. The standard InChI is InChI=1S/C21H31N5O2/c1-3-28-20(27)14-16-4-7-18(8-5-16)25-10-12-26(13-11-25)19-9-6-17(15-24-19)21(22)23-2/h4,6-9,15-16,20,27H,3,5,10-14H2,1-2H3,(H2,22,23). The number of rotatable bonds is 7. The highest BCUT2D eigenvalue weighted by Gasteiger charge is 2.21. The van der Waals surface area contributed by atoms with Gasteiger partial charge in [0.05, 0.1) is 0 Å². The summed E-state index contributed by atoms with van der Waals surface area (Å²) in [5.41, 5.74) is 7.96. The van der Waals surface area contributed by atoms with E-state index in [0.29, 0.717) is 24.8 Å². The fraction of sp³-hybridized carbons (Fsp3) is 0.524. The van der Waals surface area contributed by atoms with Gasteiger partial charge in [0.2, 0.25) is 0 Å². The van der Waals surface area contributed by atoms with Gasteiger partial charge >= 0.3 is 0 Å². The lowest BCUT2D eigenvalue weighted by molar-refractivity contribution is -0.104. The highest BCUT2D eigenvalue weighted by atomic mass is 16.6. The molecule has 3 rings (SSSR count). The lowest BCUT2D eigenvalue weighted by Crippen LogP contribution is -2.46. The minimum atomic E-state index is -0.670. The molecule has 0 spiro atoms. The van der Waals surface area contributed by atoms with E-state index in [1.807, 2.05) is 19.1 Å². The average Bonchev–Trinajstić information content (AvgIpc) is 2.74. The predicted octanol–water partition coefficient (Wildman–Crippen LogP) is 1.74. The molecule has 28 heavy (non-hydrogen) atoms. The van der Waals surface area contributed by atoms with Crippen LogP contribution >= 0.6 is 0 Å². The van der Waals surface area contributed by atoms with E-state index in [1.165, 1.54) is 5.70 Å². The lowest BCUT2D eigenvalue weighted by Gasteiger charge is -2.38. The Morgan fingerprint density at radius 2 is 2.07 bits per heavy atom. The highest BCUT2D eigenvalue weighted by molar-refractivity contribution is 5.97. The van der Waals surface area contributed by atoms with Crippen LogP contribution in [0.3, 0.4) is 0 Å². The number of piperazine rings is 1. The van der Waals surface area contributed by atoms with Gasteiger partial charge in [-0.05, 0) is 37.5 Å². The summed E-state index contributed by atoms with van der Waals surface area (Å²) < 4.78 is 5.23. The molecule has 1 aliphatic heterocycles. The van der Waals surface area contributed by atoms with Gasteiger partial charge in [0, 0.05) is 63.7 Å². The first-order chi connectivity index (χ1) is 13.6. The third kappa shape index (κ3) is 5.11. The number of anilines is 1. The van der Waals surface area contributed by atoms with Gasteiger partial charge in [0.1, 0.15) is 11.7 Å². The van der Waals surface area contributed by atoms with E-state index >= 15 is 0 Å². The number of aromatic nitrogens is 1. The molecule has 152 valence electrons. The number of hydrogen-bond acceptors (Lipinski definition) is 6. The molecule has 1 aromatic heterocycles. The molecule has 1 aromatic rings. The Morgan fingerprint density at radius 3 is 2.64 bits per heavy atom. The zero-order valence-corrected chi connectivity index (χ0v) is 16.8. The molecule has 0 saturated carbocycles. The van der Waals surface area contributed by atoms with Crippen molar-refractivity contribution < 1.29 is 9.84 Å². The second kappa shape index (κ2) is 9.71. The first kappa shape index (κ1) is 20.4. The first-order valence-corrected chi connectivity index (χ1v) is 9.97. The zero-order valence-electron chi connectivity index (χ0n) is 16.8. The van der Waals surface area contributed by atoms with Gasteiger partial charge in [-0.15, -0.1) is 0 Å². The number of pyridine rings is 1. The molecule has 2 heterocycles. The van der Waals surface area contributed by atoms with Crippen LogP contribution in [0.2, 0.25) is 0 Å². The first-order valence-electron chi connectivity index (χ1n) is 9.97. The minimum Gasteiger partial charge on any atom is -0.383 e. The van der Waals surface area contributed by atoms with Crippen molar-refractivity contribution in [3.63, 3.8) is 0 Å². The monoisotopic (exact) mass is 385 g/mol. The van der Waals surface area contributed by atoms with Crippen molar-refractivity contribution in [2.24, 2.45) is 16.6 Å². The maximum absolute atomic E-state index is 9.80. The van der Waals surface area contributed by atoms with E-state index in [2.05, 4.69) is 38.0 Å². The number of nitrogens with two attached hydrogens (primary N) is 1. The van der Waals surface area contributed by atoms with Gasteiger partial charge < -0.3 is 25.4 Å². The fourth-order valence-corrected chi connectivity index (χ4v) is 3.63. The molecule has 2 atom stereocenters. The second-order valence-electron chi connectivity index (χ2n) is 7.12. The number of ether oxygens (including phenoxy) is 1. The molecule has 2 aliphatic rings. The smallest absolute Gasteiger partial charge is 0.155 e. The third-order valence-corrected chi connectivity index (χ3v) is 5.29. The summed E-state index contributed by atoms with van der Waals surface area (Å²) in [5, 5.41) is 9.80. The number of hydrogen-bond donors (Lipinski definition) is 2. The quantitative estimate of drug-likeness (QED) is 0.422. The lowest BCUT2D eigenvalue weighted by atomic mass is 9.95. The third-order valence-electron chi connectivity index (χ3n) is 5.29. The maximum Gasteiger partial charge on any atom is 0.155 e. The number of aliphatic imine (C=N–C) groups is 1. The van der Waals surface area contributed by atoms with Gasteiger partial charge in [-0.25, -0.2) is 4.98 Å². The van der Waals surface area contributed by atoms with Crippen molar-refractivity contribution in [2.45, 2.75) is 26.1 Å². The zero-order chi connectivity index (χ0) is 19.9. The van der Waals surface area contributed by atoms with Gasteiger partial charge in [0.25, 0.3) is 0 Å². The topological polar surface area (TPSA) is 87.2 Å². The van der Waals surface area contributed by atoms with Crippen molar-refractivity contribution in [3.8, 4) is 0 Å². The summed E-state index contributed by atoms with van der Waals surface area (Å²) in [6, 6.07) is 3.98. The molecule has 0 aromatic carbocycles. The van der Waals surface area contributed by atoms with Crippen molar-refractivity contribution in [1.29, 1.82) is 0 Å². The summed E-state index contributed by atoms with van der Waals surface area (Å²) in [6.45, 7) is 6.23. The number of amidine groups is 1. The van der Waals surface area contributed by atoms with E-state index in [4.69, 9.17) is 10.5 Å². The van der Waals surface area contributed by atoms with E-state index < -0.39 is 6.29 Å². The van der Waals surface area contributed by atoms with Crippen LogP contribution in [0.1, 0.15) is 25.3 Å². The molecule has 1 aliphatic carbocycles.